The smallest absolute Gasteiger partial charge is 0.159 e. The molecule has 1 atom stereocenters. The van der Waals surface area contributed by atoms with Crippen molar-refractivity contribution in [3.63, 3.8) is 0 Å². The highest BCUT2D eigenvalue weighted by atomic mass is 19.2. The highest BCUT2D eigenvalue weighted by Gasteiger charge is 2.18. The quantitative estimate of drug-likeness (QED) is 0.746. The van der Waals surface area contributed by atoms with Crippen LogP contribution in [0.3, 0.4) is 0 Å². The Labute approximate surface area is 95.1 Å². The summed E-state index contributed by atoms with van der Waals surface area (Å²) in [5, 5.41) is 0. The molecule has 0 amide bonds. The zero-order valence-electron chi connectivity index (χ0n) is 9.55. The highest BCUT2D eigenvalue weighted by Crippen LogP contribution is 2.19. The van der Waals surface area contributed by atoms with Crippen LogP contribution in [0.2, 0.25) is 0 Å². The third kappa shape index (κ3) is 2.59. The summed E-state index contributed by atoms with van der Waals surface area (Å²) in [6.07, 6.45) is 3.67. The molecule has 0 saturated carbocycles. The van der Waals surface area contributed by atoms with Crippen LogP contribution < -0.4 is 0 Å². The van der Waals surface area contributed by atoms with E-state index in [-0.39, 0.29) is 0 Å². The van der Waals surface area contributed by atoms with E-state index in [0.29, 0.717) is 6.04 Å². The van der Waals surface area contributed by atoms with Gasteiger partial charge in [0.15, 0.2) is 11.6 Å². The molecule has 1 fully saturated rings. The summed E-state index contributed by atoms with van der Waals surface area (Å²) in [6.45, 7) is 3.97. The summed E-state index contributed by atoms with van der Waals surface area (Å²) in [4.78, 5) is 2.33. The molecule has 0 radical (unpaired) electrons. The van der Waals surface area contributed by atoms with Gasteiger partial charge in [-0.3, -0.25) is 4.90 Å². The summed E-state index contributed by atoms with van der Waals surface area (Å²) >= 11 is 0. The summed E-state index contributed by atoms with van der Waals surface area (Å²) < 4.78 is 25.8. The Balaban J connectivity index is 2.05. The third-order valence-corrected chi connectivity index (χ3v) is 3.31. The van der Waals surface area contributed by atoms with Gasteiger partial charge >= 0.3 is 0 Å². The number of benzene rings is 1. The number of piperidine rings is 1. The van der Waals surface area contributed by atoms with Crippen molar-refractivity contribution in [3.05, 3.63) is 35.4 Å². The second-order valence-corrected chi connectivity index (χ2v) is 4.56. The van der Waals surface area contributed by atoms with Gasteiger partial charge < -0.3 is 0 Å². The Hall–Kier alpha value is -0.960. The molecule has 1 heterocycles. The second-order valence-electron chi connectivity index (χ2n) is 4.56. The van der Waals surface area contributed by atoms with Gasteiger partial charge in [-0.2, -0.15) is 0 Å². The van der Waals surface area contributed by atoms with Crippen LogP contribution in [0, 0.1) is 11.6 Å². The van der Waals surface area contributed by atoms with Crippen molar-refractivity contribution in [1.29, 1.82) is 0 Å². The lowest BCUT2D eigenvalue weighted by Gasteiger charge is -2.33. The van der Waals surface area contributed by atoms with Gasteiger partial charge in [-0.1, -0.05) is 12.5 Å². The first kappa shape index (κ1) is 11.5. The van der Waals surface area contributed by atoms with E-state index in [2.05, 4.69) is 11.8 Å². The van der Waals surface area contributed by atoms with E-state index in [1.807, 2.05) is 0 Å². The lowest BCUT2D eigenvalue weighted by molar-refractivity contribution is 0.152. The van der Waals surface area contributed by atoms with E-state index in [0.717, 1.165) is 18.7 Å². The Kier molecular flexibility index (Phi) is 3.54. The lowest BCUT2D eigenvalue weighted by Crippen LogP contribution is -2.36. The second kappa shape index (κ2) is 4.91. The van der Waals surface area contributed by atoms with Crippen LogP contribution in [0.5, 0.6) is 0 Å². The Morgan fingerprint density at radius 3 is 2.75 bits per heavy atom. The van der Waals surface area contributed by atoms with Crippen LogP contribution in [0.15, 0.2) is 18.2 Å². The molecule has 0 spiro atoms. The first-order chi connectivity index (χ1) is 7.66. The Bertz CT molecular complexity index is 365. The lowest BCUT2D eigenvalue weighted by atomic mass is 10.0. The first-order valence-corrected chi connectivity index (χ1v) is 5.85. The van der Waals surface area contributed by atoms with E-state index < -0.39 is 11.6 Å². The molecule has 0 aromatic heterocycles. The van der Waals surface area contributed by atoms with Gasteiger partial charge in [0.25, 0.3) is 0 Å². The van der Waals surface area contributed by atoms with Gasteiger partial charge in [0.05, 0.1) is 0 Å². The maximum absolute atomic E-state index is 13.0. The minimum absolute atomic E-state index is 0.543. The average molecular weight is 225 g/mol. The predicted molar refractivity (Wildman–Crippen MR) is 60.1 cm³/mol. The fourth-order valence-electron chi connectivity index (χ4n) is 2.26. The fourth-order valence-corrected chi connectivity index (χ4v) is 2.26. The number of hydrogen-bond acceptors (Lipinski definition) is 1. The van der Waals surface area contributed by atoms with Crippen molar-refractivity contribution in [2.45, 2.75) is 38.8 Å². The molecule has 16 heavy (non-hydrogen) atoms. The molecule has 1 aliphatic heterocycles. The molecule has 0 bridgehead atoms. The average Bonchev–Trinajstić information content (AvgIpc) is 2.27. The van der Waals surface area contributed by atoms with Gasteiger partial charge in [-0.25, -0.2) is 8.78 Å². The first-order valence-electron chi connectivity index (χ1n) is 5.85. The summed E-state index contributed by atoms with van der Waals surface area (Å²) in [5.41, 5.74) is 0.854. The Morgan fingerprint density at radius 1 is 1.25 bits per heavy atom. The topological polar surface area (TPSA) is 3.24 Å². The molecule has 0 aliphatic carbocycles. The normalized spacial score (nSPS) is 22.3. The van der Waals surface area contributed by atoms with Crippen molar-refractivity contribution in [2.24, 2.45) is 0 Å². The van der Waals surface area contributed by atoms with Crippen LogP contribution in [0.1, 0.15) is 31.7 Å². The summed E-state index contributed by atoms with van der Waals surface area (Å²) in [7, 11) is 0. The van der Waals surface area contributed by atoms with E-state index in [4.69, 9.17) is 0 Å². The maximum Gasteiger partial charge on any atom is 0.159 e. The minimum Gasteiger partial charge on any atom is -0.296 e. The zero-order chi connectivity index (χ0) is 11.5. The SMILES string of the molecule is CC1CCCCN1Cc1ccc(F)c(F)c1. The standard InChI is InChI=1S/C13H17F2N/c1-10-4-2-3-7-16(10)9-11-5-6-12(14)13(15)8-11/h5-6,8,10H,2-4,7,9H2,1H3. The molecular weight excluding hydrogens is 208 g/mol. The van der Waals surface area contributed by atoms with Gasteiger partial charge in [0.2, 0.25) is 0 Å². The van der Waals surface area contributed by atoms with E-state index in [1.54, 1.807) is 6.07 Å². The monoisotopic (exact) mass is 225 g/mol. The number of likely N-dealkylation sites (tertiary alicyclic amines) is 1. The van der Waals surface area contributed by atoms with Gasteiger partial charge in [-0.05, 0) is 44.0 Å². The van der Waals surface area contributed by atoms with Crippen LogP contribution in [-0.4, -0.2) is 17.5 Å². The van der Waals surface area contributed by atoms with Crippen molar-refractivity contribution in [1.82, 2.24) is 4.90 Å². The highest BCUT2D eigenvalue weighted by molar-refractivity contribution is 5.17. The van der Waals surface area contributed by atoms with Crippen LogP contribution >= 0.6 is 0 Å². The van der Waals surface area contributed by atoms with Crippen molar-refractivity contribution < 1.29 is 8.78 Å². The van der Waals surface area contributed by atoms with Crippen LogP contribution in [0.25, 0.3) is 0 Å². The molecule has 1 nitrogen and oxygen atoms in total. The van der Waals surface area contributed by atoms with Crippen molar-refractivity contribution in [2.75, 3.05) is 6.54 Å². The van der Waals surface area contributed by atoms with E-state index in [9.17, 15) is 8.78 Å². The van der Waals surface area contributed by atoms with Crippen molar-refractivity contribution in [3.8, 4) is 0 Å². The minimum atomic E-state index is -0.768. The molecule has 1 unspecified atom stereocenters. The fraction of sp³-hybridized carbons (Fsp3) is 0.538. The summed E-state index contributed by atoms with van der Waals surface area (Å²) in [5.74, 6) is -1.52. The number of halogens is 2. The van der Waals surface area contributed by atoms with Gasteiger partial charge in [0.1, 0.15) is 0 Å². The molecule has 1 saturated heterocycles. The van der Waals surface area contributed by atoms with Crippen molar-refractivity contribution >= 4 is 0 Å². The van der Waals surface area contributed by atoms with E-state index in [1.165, 1.54) is 31.4 Å². The molecule has 3 heteroatoms. The van der Waals surface area contributed by atoms with Crippen LogP contribution in [0.4, 0.5) is 8.78 Å². The van der Waals surface area contributed by atoms with Crippen LogP contribution in [-0.2, 0) is 6.54 Å². The zero-order valence-corrected chi connectivity index (χ0v) is 9.55. The number of hydrogen-bond donors (Lipinski definition) is 0. The molecule has 0 N–H and O–H groups in total. The van der Waals surface area contributed by atoms with E-state index >= 15 is 0 Å². The number of nitrogens with zero attached hydrogens (tertiary/aromatic N) is 1. The predicted octanol–water partition coefficient (Wildman–Crippen LogP) is 3.34. The third-order valence-electron chi connectivity index (χ3n) is 3.31. The van der Waals surface area contributed by atoms with Gasteiger partial charge in [0, 0.05) is 12.6 Å². The molecule has 1 aromatic rings. The Morgan fingerprint density at radius 2 is 2.06 bits per heavy atom. The molecule has 1 aliphatic rings. The maximum atomic E-state index is 13.0. The molecule has 2 rings (SSSR count). The molecular formula is C13H17F2N. The summed E-state index contributed by atoms with van der Waals surface area (Å²) in [6, 6.07) is 4.72. The molecule has 88 valence electrons. The molecule has 1 aromatic carbocycles. The number of rotatable bonds is 2. The largest absolute Gasteiger partial charge is 0.296 e. The van der Waals surface area contributed by atoms with Gasteiger partial charge in [-0.15, -0.1) is 0 Å².